The van der Waals surface area contributed by atoms with Gasteiger partial charge in [-0.25, -0.2) is 4.99 Å². The molecule has 0 bridgehead atoms. The van der Waals surface area contributed by atoms with Gasteiger partial charge in [-0.1, -0.05) is 77.9 Å². The Labute approximate surface area is 230 Å². The molecule has 4 aromatic carbocycles. The van der Waals surface area contributed by atoms with E-state index in [9.17, 15) is 4.32 Å². The molecule has 4 heteroatoms. The average molecular weight is 507 g/mol. The van der Waals surface area contributed by atoms with Crippen LogP contribution < -0.4 is 0 Å². The summed E-state index contributed by atoms with van der Waals surface area (Å²) in [6, 6.07) is 31.2. The van der Waals surface area contributed by atoms with E-state index in [1.165, 1.54) is 11.1 Å². The normalized spacial score (nSPS) is 14.1. The first-order valence-corrected chi connectivity index (χ1v) is 13.2. The van der Waals surface area contributed by atoms with Crippen LogP contribution in [0.15, 0.2) is 108 Å². The Hall–Kier alpha value is -4.44. The number of fused-ring (bicyclic) bond motifs is 1. The van der Waals surface area contributed by atoms with Gasteiger partial charge in [0.25, 0.3) is 0 Å². The Kier molecular flexibility index (Phi) is 6.40. The summed E-state index contributed by atoms with van der Waals surface area (Å²) < 4.78 is 16.7. The van der Waals surface area contributed by atoms with E-state index in [-0.39, 0.29) is 0 Å². The second kappa shape index (κ2) is 10.0. The molecule has 189 valence electrons. The van der Waals surface area contributed by atoms with E-state index in [0.717, 1.165) is 67.0 Å². The third kappa shape index (κ3) is 4.57. The van der Waals surface area contributed by atoms with Gasteiger partial charge in [-0.15, -0.1) is 0 Å². The second-order valence-electron chi connectivity index (χ2n) is 10.4. The van der Waals surface area contributed by atoms with E-state index < -0.39 is 0 Å². The number of benzene rings is 4. The smallest absolute Gasteiger partial charge is 0.357 e. The first kappa shape index (κ1) is 24.9. The number of hydrogen-bond donors (Lipinski definition) is 0. The van der Waals surface area contributed by atoms with Crippen molar-refractivity contribution in [3.8, 4) is 11.3 Å². The Morgan fingerprint density at radius 2 is 1.28 bits per heavy atom. The zero-order chi connectivity index (χ0) is 27.1. The second-order valence-corrected chi connectivity index (χ2v) is 10.4. The van der Waals surface area contributed by atoms with Crippen molar-refractivity contribution in [1.29, 1.82) is 0 Å². The molecule has 0 N–H and O–H groups in total. The van der Waals surface area contributed by atoms with Crippen LogP contribution in [-0.2, 0) is 0 Å². The molecule has 39 heavy (non-hydrogen) atoms. The molecule has 0 spiro atoms. The summed E-state index contributed by atoms with van der Waals surface area (Å²) in [5.41, 5.74) is 12.1. The van der Waals surface area contributed by atoms with Gasteiger partial charge in [0.2, 0.25) is 0 Å². The number of nitrogens with zero attached hydrogens (tertiary/aromatic N) is 2. The zero-order valence-corrected chi connectivity index (χ0v) is 22.7. The number of hydrogen-bond acceptors (Lipinski definition) is 1. The fourth-order valence-corrected chi connectivity index (χ4v) is 5.54. The van der Waals surface area contributed by atoms with Crippen LogP contribution >= 0.6 is 0 Å². The lowest BCUT2D eigenvalue weighted by Gasteiger charge is -2.11. The summed E-state index contributed by atoms with van der Waals surface area (Å²) in [6.07, 6.45) is 4.17. The molecule has 2 nitrogen and oxygen atoms in total. The monoisotopic (exact) mass is 507 g/mol. The SMILES string of the molecule is Cc1cc(C)cc(-c2c3cc(C)c(C)cc3c(/C=C3\N=C(c4ccccc4)C=C3c3ccccc3)n2[B]F)c1. The average Bonchev–Trinajstić information content (AvgIpc) is 3.49. The third-order valence-electron chi connectivity index (χ3n) is 7.48. The van der Waals surface area contributed by atoms with Gasteiger partial charge in [-0.05, 0) is 86.4 Å². The predicted octanol–water partition coefficient (Wildman–Crippen LogP) is 8.82. The summed E-state index contributed by atoms with van der Waals surface area (Å²) in [5, 5.41) is 2.03. The first-order chi connectivity index (χ1) is 18.9. The Morgan fingerprint density at radius 3 is 1.90 bits per heavy atom. The molecule has 0 atom stereocenters. The Balaban J connectivity index is 1.64. The van der Waals surface area contributed by atoms with Crippen LogP contribution in [0.4, 0.5) is 4.32 Å². The van der Waals surface area contributed by atoms with E-state index in [1.807, 2.05) is 42.5 Å². The molecule has 0 amide bonds. The van der Waals surface area contributed by atoms with Gasteiger partial charge in [0.05, 0.1) is 11.4 Å². The highest BCUT2D eigenvalue weighted by Crippen LogP contribution is 2.39. The van der Waals surface area contributed by atoms with E-state index in [0.29, 0.717) is 7.69 Å². The number of halogens is 1. The molecule has 0 aliphatic carbocycles. The van der Waals surface area contributed by atoms with Crippen LogP contribution in [-0.4, -0.2) is 17.9 Å². The maximum atomic E-state index is 15.0. The minimum Gasteiger partial charge on any atom is -0.357 e. The highest BCUT2D eigenvalue weighted by molar-refractivity contribution is 6.29. The van der Waals surface area contributed by atoms with Crippen molar-refractivity contribution in [2.24, 2.45) is 4.99 Å². The predicted molar refractivity (Wildman–Crippen MR) is 164 cm³/mol. The molecule has 1 aliphatic heterocycles. The van der Waals surface area contributed by atoms with Crippen molar-refractivity contribution in [3.05, 3.63) is 142 Å². The van der Waals surface area contributed by atoms with E-state index in [4.69, 9.17) is 4.99 Å². The van der Waals surface area contributed by atoms with Gasteiger partial charge in [0.1, 0.15) is 0 Å². The van der Waals surface area contributed by atoms with E-state index in [1.54, 1.807) is 4.48 Å². The third-order valence-corrected chi connectivity index (χ3v) is 7.48. The molecule has 0 saturated carbocycles. The van der Waals surface area contributed by atoms with Crippen molar-refractivity contribution in [3.63, 3.8) is 0 Å². The van der Waals surface area contributed by atoms with Crippen LogP contribution in [0, 0.1) is 27.7 Å². The minimum atomic E-state index is 0.687. The van der Waals surface area contributed by atoms with Gasteiger partial charge in [0.15, 0.2) is 0 Å². The van der Waals surface area contributed by atoms with Crippen molar-refractivity contribution >= 4 is 35.8 Å². The standard InChI is InChI=1S/C35H29BFN2/c1-22-15-23(2)17-28(16-22)35-31-19-25(4)24(3)18-30(31)34(39(35)36-37)21-33-29(26-11-7-5-8-12-26)20-32(38-33)27-13-9-6-10-14-27/h5-21H,1-4H3/b33-21-. The number of aliphatic imine (C=N–C) groups is 1. The van der Waals surface area contributed by atoms with E-state index in [2.05, 4.69) is 88.4 Å². The zero-order valence-electron chi connectivity index (χ0n) is 22.7. The summed E-state index contributed by atoms with van der Waals surface area (Å²) in [4.78, 5) is 5.08. The van der Waals surface area contributed by atoms with Crippen LogP contribution in [0.25, 0.3) is 33.7 Å². The van der Waals surface area contributed by atoms with Gasteiger partial charge in [-0.3, -0.25) is 0 Å². The molecule has 1 radical (unpaired) electrons. The summed E-state index contributed by atoms with van der Waals surface area (Å²) >= 11 is 0. The van der Waals surface area contributed by atoms with Crippen molar-refractivity contribution in [2.75, 3.05) is 0 Å². The lowest BCUT2D eigenvalue weighted by atomic mass is 9.98. The molecular weight excluding hydrogens is 478 g/mol. The number of allylic oxidation sites excluding steroid dienone is 2. The van der Waals surface area contributed by atoms with Crippen LogP contribution in [0.1, 0.15) is 39.1 Å². The van der Waals surface area contributed by atoms with Crippen LogP contribution in [0.2, 0.25) is 0 Å². The summed E-state index contributed by atoms with van der Waals surface area (Å²) in [5.74, 6) is 0. The first-order valence-electron chi connectivity index (χ1n) is 13.2. The molecule has 5 aromatic rings. The molecule has 0 unspecified atom stereocenters. The maximum Gasteiger partial charge on any atom is 0.495 e. The minimum absolute atomic E-state index is 0.687. The lowest BCUT2D eigenvalue weighted by Crippen LogP contribution is -2.05. The fourth-order valence-electron chi connectivity index (χ4n) is 5.54. The number of rotatable bonds is 5. The van der Waals surface area contributed by atoms with Crippen molar-refractivity contribution in [2.45, 2.75) is 27.7 Å². The van der Waals surface area contributed by atoms with Gasteiger partial charge >= 0.3 is 7.69 Å². The number of aryl methyl sites for hydroxylation is 4. The maximum absolute atomic E-state index is 15.0. The Morgan fingerprint density at radius 1 is 0.692 bits per heavy atom. The van der Waals surface area contributed by atoms with Crippen LogP contribution in [0.3, 0.4) is 0 Å². The summed E-state index contributed by atoms with van der Waals surface area (Å²) in [6.45, 7) is 8.38. The summed E-state index contributed by atoms with van der Waals surface area (Å²) in [7, 11) is 0.687. The molecular formula is C35H29BFN2. The van der Waals surface area contributed by atoms with Crippen LogP contribution in [0.5, 0.6) is 0 Å². The van der Waals surface area contributed by atoms with Gasteiger partial charge in [0, 0.05) is 33.3 Å². The highest BCUT2D eigenvalue weighted by Gasteiger charge is 2.23. The van der Waals surface area contributed by atoms with Gasteiger partial charge in [-0.2, -0.15) is 0 Å². The Bertz CT molecular complexity index is 1790. The molecule has 0 saturated heterocycles. The fraction of sp³-hybridized carbons (Fsp3) is 0.114. The van der Waals surface area contributed by atoms with Gasteiger partial charge < -0.3 is 8.79 Å². The topological polar surface area (TPSA) is 17.3 Å². The molecule has 2 heterocycles. The molecule has 1 aliphatic rings. The molecule has 0 fully saturated rings. The molecule has 6 rings (SSSR count). The lowest BCUT2D eigenvalue weighted by molar-refractivity contribution is 0.835. The quantitative estimate of drug-likeness (QED) is 0.212. The van der Waals surface area contributed by atoms with Crippen molar-refractivity contribution < 1.29 is 4.32 Å². The van der Waals surface area contributed by atoms with Crippen molar-refractivity contribution in [1.82, 2.24) is 4.48 Å². The van der Waals surface area contributed by atoms with E-state index >= 15 is 0 Å². The number of aromatic nitrogens is 1. The largest absolute Gasteiger partial charge is 0.495 e. The molecule has 1 aromatic heterocycles. The highest BCUT2D eigenvalue weighted by atomic mass is 19.1.